The standard InChI is InChI=1S/C18H21N3O2/c1-23-15-4-2-14(3-5-15)18(8-9-18)17(22)21-11-7-13(12-21)16-6-10-19-20-16/h2-6,10,13H,7-9,11-12H2,1H3,(H,19,20)/t13-/m0/s1. The summed E-state index contributed by atoms with van der Waals surface area (Å²) in [6.07, 6.45) is 4.68. The summed E-state index contributed by atoms with van der Waals surface area (Å²) in [4.78, 5) is 15.1. The lowest BCUT2D eigenvalue weighted by Crippen LogP contribution is -2.37. The topological polar surface area (TPSA) is 58.2 Å². The maximum atomic E-state index is 13.1. The van der Waals surface area contributed by atoms with Crippen LogP contribution in [-0.4, -0.2) is 41.2 Å². The number of hydrogen-bond acceptors (Lipinski definition) is 3. The van der Waals surface area contributed by atoms with Crippen LogP contribution in [0.2, 0.25) is 0 Å². The normalized spacial score (nSPS) is 22.1. The van der Waals surface area contributed by atoms with Crippen LogP contribution in [-0.2, 0) is 10.2 Å². The molecule has 0 unspecified atom stereocenters. The van der Waals surface area contributed by atoms with E-state index in [9.17, 15) is 4.79 Å². The molecule has 0 bridgehead atoms. The molecule has 23 heavy (non-hydrogen) atoms. The van der Waals surface area contributed by atoms with Crippen LogP contribution < -0.4 is 4.74 Å². The number of rotatable bonds is 4. The van der Waals surface area contributed by atoms with Crippen LogP contribution in [0.5, 0.6) is 5.75 Å². The highest BCUT2D eigenvalue weighted by molar-refractivity contribution is 5.91. The zero-order chi connectivity index (χ0) is 15.9. The van der Waals surface area contributed by atoms with Crippen LogP contribution in [0.1, 0.15) is 36.4 Å². The van der Waals surface area contributed by atoms with Crippen molar-refractivity contribution < 1.29 is 9.53 Å². The maximum absolute atomic E-state index is 13.1. The molecular weight excluding hydrogens is 290 g/mol. The van der Waals surface area contributed by atoms with Gasteiger partial charge in [0.15, 0.2) is 0 Å². The average Bonchev–Trinajstić information content (AvgIpc) is 3.02. The number of amides is 1. The van der Waals surface area contributed by atoms with Gasteiger partial charge in [0.2, 0.25) is 5.91 Å². The second-order valence-corrected chi connectivity index (χ2v) is 6.56. The first-order valence-electron chi connectivity index (χ1n) is 8.16. The van der Waals surface area contributed by atoms with E-state index in [1.54, 1.807) is 13.3 Å². The molecule has 2 heterocycles. The first-order chi connectivity index (χ1) is 11.2. The number of carbonyl (C=O) groups excluding carboxylic acids is 1. The minimum atomic E-state index is -0.296. The van der Waals surface area contributed by atoms with Gasteiger partial charge in [-0.3, -0.25) is 9.89 Å². The molecule has 2 fully saturated rings. The van der Waals surface area contributed by atoms with Crippen molar-refractivity contribution in [3.05, 3.63) is 47.8 Å². The molecule has 1 aromatic carbocycles. The lowest BCUT2D eigenvalue weighted by molar-refractivity contribution is -0.132. The van der Waals surface area contributed by atoms with E-state index in [1.165, 1.54) is 0 Å². The number of benzene rings is 1. The number of hydrogen-bond donors (Lipinski definition) is 1. The van der Waals surface area contributed by atoms with Crippen molar-refractivity contribution in [1.82, 2.24) is 15.1 Å². The van der Waals surface area contributed by atoms with Gasteiger partial charge in [-0.15, -0.1) is 0 Å². The molecule has 1 amide bonds. The van der Waals surface area contributed by atoms with Gasteiger partial charge in [-0.05, 0) is 43.0 Å². The molecule has 1 saturated carbocycles. The highest BCUT2D eigenvalue weighted by atomic mass is 16.5. The Kier molecular flexibility index (Phi) is 3.36. The third-order valence-electron chi connectivity index (χ3n) is 5.24. The molecule has 1 atom stereocenters. The van der Waals surface area contributed by atoms with E-state index in [-0.39, 0.29) is 11.3 Å². The molecule has 0 radical (unpaired) electrons. The van der Waals surface area contributed by atoms with Crippen LogP contribution in [0.15, 0.2) is 36.5 Å². The van der Waals surface area contributed by atoms with E-state index in [1.807, 2.05) is 35.2 Å². The Morgan fingerprint density at radius 3 is 2.70 bits per heavy atom. The Morgan fingerprint density at radius 2 is 2.09 bits per heavy atom. The van der Waals surface area contributed by atoms with E-state index < -0.39 is 0 Å². The molecule has 4 rings (SSSR count). The molecule has 1 aliphatic heterocycles. The molecule has 0 spiro atoms. The van der Waals surface area contributed by atoms with E-state index in [4.69, 9.17) is 4.74 Å². The van der Waals surface area contributed by atoms with Crippen molar-refractivity contribution in [2.75, 3.05) is 20.2 Å². The van der Waals surface area contributed by atoms with Crippen LogP contribution in [0, 0.1) is 0 Å². The number of carbonyl (C=O) groups is 1. The molecule has 1 aromatic heterocycles. The monoisotopic (exact) mass is 311 g/mol. The number of likely N-dealkylation sites (tertiary alicyclic amines) is 1. The van der Waals surface area contributed by atoms with E-state index in [2.05, 4.69) is 10.2 Å². The van der Waals surface area contributed by atoms with E-state index in [0.29, 0.717) is 5.92 Å². The Hall–Kier alpha value is -2.30. The summed E-state index contributed by atoms with van der Waals surface area (Å²) in [5.74, 6) is 1.50. The van der Waals surface area contributed by atoms with Crippen molar-refractivity contribution in [2.45, 2.75) is 30.6 Å². The maximum Gasteiger partial charge on any atom is 0.233 e. The third kappa shape index (κ3) is 2.40. The Balaban J connectivity index is 1.50. The van der Waals surface area contributed by atoms with Crippen LogP contribution in [0.4, 0.5) is 0 Å². The number of ether oxygens (including phenoxy) is 1. The summed E-state index contributed by atoms with van der Waals surface area (Å²) in [5.41, 5.74) is 1.96. The molecule has 5 heteroatoms. The SMILES string of the molecule is COc1ccc(C2(C(=O)N3CC[C@H](c4ccn[nH]4)C3)CC2)cc1. The zero-order valence-electron chi connectivity index (χ0n) is 13.3. The first kappa shape index (κ1) is 14.3. The minimum Gasteiger partial charge on any atom is -0.497 e. The minimum absolute atomic E-state index is 0.282. The number of aromatic amines is 1. The first-order valence-corrected chi connectivity index (χ1v) is 8.16. The summed E-state index contributed by atoms with van der Waals surface area (Å²) in [5, 5.41) is 7.06. The molecule has 2 aromatic rings. The lowest BCUT2D eigenvalue weighted by atomic mass is 9.94. The Morgan fingerprint density at radius 1 is 1.30 bits per heavy atom. The van der Waals surface area contributed by atoms with Gasteiger partial charge in [0, 0.05) is 30.9 Å². The van der Waals surface area contributed by atoms with Gasteiger partial charge in [-0.2, -0.15) is 5.10 Å². The van der Waals surface area contributed by atoms with Crippen molar-refractivity contribution in [3.63, 3.8) is 0 Å². The van der Waals surface area contributed by atoms with E-state index in [0.717, 1.165) is 49.4 Å². The fourth-order valence-corrected chi connectivity index (χ4v) is 3.66. The molecular formula is C18H21N3O2. The van der Waals surface area contributed by atoms with Crippen LogP contribution in [0.25, 0.3) is 0 Å². The van der Waals surface area contributed by atoms with Gasteiger partial charge in [0.05, 0.1) is 12.5 Å². The van der Waals surface area contributed by atoms with Crippen LogP contribution >= 0.6 is 0 Å². The highest BCUT2D eigenvalue weighted by Crippen LogP contribution is 2.50. The van der Waals surface area contributed by atoms with E-state index >= 15 is 0 Å². The number of aromatic nitrogens is 2. The van der Waals surface area contributed by atoms with Gasteiger partial charge in [-0.25, -0.2) is 0 Å². The number of H-pyrrole nitrogens is 1. The van der Waals surface area contributed by atoms with Gasteiger partial charge < -0.3 is 9.64 Å². The van der Waals surface area contributed by atoms with Gasteiger partial charge in [0.25, 0.3) is 0 Å². The molecule has 5 nitrogen and oxygen atoms in total. The van der Waals surface area contributed by atoms with Gasteiger partial charge in [0.1, 0.15) is 5.75 Å². The summed E-state index contributed by atoms with van der Waals surface area (Å²) < 4.78 is 5.21. The molecule has 1 N–H and O–H groups in total. The second kappa shape index (κ2) is 5.41. The van der Waals surface area contributed by atoms with Gasteiger partial charge in [-0.1, -0.05) is 12.1 Å². The Bertz CT molecular complexity index is 690. The average molecular weight is 311 g/mol. The predicted molar refractivity (Wildman–Crippen MR) is 86.4 cm³/mol. The van der Waals surface area contributed by atoms with Crippen LogP contribution in [0.3, 0.4) is 0 Å². The summed E-state index contributed by atoms with van der Waals surface area (Å²) in [6.45, 7) is 1.62. The predicted octanol–water partition coefficient (Wildman–Crippen LogP) is 2.47. The largest absolute Gasteiger partial charge is 0.497 e. The lowest BCUT2D eigenvalue weighted by Gasteiger charge is -2.23. The fourth-order valence-electron chi connectivity index (χ4n) is 3.66. The van der Waals surface area contributed by atoms with Crippen molar-refractivity contribution in [3.8, 4) is 5.75 Å². The van der Waals surface area contributed by atoms with Crippen molar-refractivity contribution in [2.24, 2.45) is 0 Å². The Labute approximate surface area is 135 Å². The third-order valence-corrected chi connectivity index (χ3v) is 5.24. The van der Waals surface area contributed by atoms with Gasteiger partial charge >= 0.3 is 0 Å². The smallest absolute Gasteiger partial charge is 0.233 e. The summed E-state index contributed by atoms with van der Waals surface area (Å²) in [7, 11) is 1.66. The van der Waals surface area contributed by atoms with Crippen molar-refractivity contribution >= 4 is 5.91 Å². The molecule has 120 valence electrons. The molecule has 1 aliphatic carbocycles. The zero-order valence-corrected chi connectivity index (χ0v) is 13.3. The molecule has 1 saturated heterocycles. The number of nitrogens with one attached hydrogen (secondary N) is 1. The number of methoxy groups -OCH3 is 1. The second-order valence-electron chi connectivity index (χ2n) is 6.56. The summed E-state index contributed by atoms with van der Waals surface area (Å²) >= 11 is 0. The quantitative estimate of drug-likeness (QED) is 0.943. The molecule has 2 aliphatic rings. The van der Waals surface area contributed by atoms with Crippen molar-refractivity contribution in [1.29, 1.82) is 0 Å². The highest BCUT2D eigenvalue weighted by Gasteiger charge is 2.53. The summed E-state index contributed by atoms with van der Waals surface area (Å²) in [6, 6.07) is 9.97. The number of nitrogens with zero attached hydrogens (tertiary/aromatic N) is 2. The fraction of sp³-hybridized carbons (Fsp3) is 0.444.